The van der Waals surface area contributed by atoms with Gasteiger partial charge in [0, 0.05) is 18.2 Å². The zero-order chi connectivity index (χ0) is 19.4. The predicted octanol–water partition coefficient (Wildman–Crippen LogP) is 1.95. The Labute approximate surface area is 146 Å². The number of esters is 1. The highest BCUT2D eigenvalue weighted by Gasteiger charge is 2.23. The number of para-hydroxylation sites is 1. The topological polar surface area (TPSA) is 147 Å². The van der Waals surface area contributed by atoms with Crippen LogP contribution >= 0.6 is 0 Å². The van der Waals surface area contributed by atoms with Gasteiger partial charge in [-0.15, -0.1) is 0 Å². The van der Waals surface area contributed by atoms with E-state index in [2.05, 4.69) is 5.32 Å². The molecule has 1 amide bonds. The SMILES string of the molecule is Cc1cccc([N+](=O)[O-])c1NC(=O)COC(=O)c1ccc([N+](=O)[O-])n1C. The second kappa shape index (κ2) is 7.42. The molecule has 1 heterocycles. The van der Waals surface area contributed by atoms with Crippen LogP contribution in [0.15, 0.2) is 30.3 Å². The van der Waals surface area contributed by atoms with E-state index in [0.29, 0.717) is 5.56 Å². The first kappa shape index (κ1) is 18.6. The molecule has 2 aromatic rings. The van der Waals surface area contributed by atoms with Crippen LogP contribution in [0.3, 0.4) is 0 Å². The van der Waals surface area contributed by atoms with Gasteiger partial charge in [-0.05, 0) is 17.4 Å². The van der Waals surface area contributed by atoms with Gasteiger partial charge in [0.05, 0.1) is 12.0 Å². The molecule has 0 spiro atoms. The molecule has 0 bridgehead atoms. The minimum atomic E-state index is -0.935. The summed E-state index contributed by atoms with van der Waals surface area (Å²) in [4.78, 5) is 44.4. The van der Waals surface area contributed by atoms with Gasteiger partial charge in [-0.25, -0.2) is 9.36 Å². The fourth-order valence-corrected chi connectivity index (χ4v) is 2.24. The predicted molar refractivity (Wildman–Crippen MR) is 88.8 cm³/mol. The molecular formula is C15H14N4O7. The van der Waals surface area contributed by atoms with E-state index in [1.165, 1.54) is 25.2 Å². The molecular weight excluding hydrogens is 348 g/mol. The first-order valence-electron chi connectivity index (χ1n) is 7.23. The van der Waals surface area contributed by atoms with Crippen molar-refractivity contribution in [3.63, 3.8) is 0 Å². The van der Waals surface area contributed by atoms with Crippen LogP contribution in [-0.4, -0.2) is 32.9 Å². The van der Waals surface area contributed by atoms with Crippen molar-refractivity contribution in [3.05, 3.63) is 61.8 Å². The molecule has 1 N–H and O–H groups in total. The maximum absolute atomic E-state index is 11.9. The van der Waals surface area contributed by atoms with Gasteiger partial charge in [-0.1, -0.05) is 12.1 Å². The van der Waals surface area contributed by atoms with Crippen molar-refractivity contribution in [1.29, 1.82) is 0 Å². The summed E-state index contributed by atoms with van der Waals surface area (Å²) in [6.45, 7) is 0.876. The van der Waals surface area contributed by atoms with Gasteiger partial charge >= 0.3 is 11.8 Å². The Morgan fingerprint density at radius 3 is 2.42 bits per heavy atom. The van der Waals surface area contributed by atoms with Crippen LogP contribution in [-0.2, 0) is 16.6 Å². The molecule has 0 atom stereocenters. The van der Waals surface area contributed by atoms with E-state index in [1.54, 1.807) is 13.0 Å². The number of aromatic nitrogens is 1. The zero-order valence-corrected chi connectivity index (χ0v) is 13.8. The van der Waals surface area contributed by atoms with Crippen molar-refractivity contribution in [2.45, 2.75) is 6.92 Å². The summed E-state index contributed by atoms with van der Waals surface area (Å²) < 4.78 is 5.83. The molecule has 1 aromatic carbocycles. The molecule has 136 valence electrons. The number of aryl methyl sites for hydroxylation is 1. The average Bonchev–Trinajstić information content (AvgIpc) is 2.96. The van der Waals surface area contributed by atoms with Gasteiger partial charge in [-0.2, -0.15) is 0 Å². The zero-order valence-electron chi connectivity index (χ0n) is 13.8. The summed E-state index contributed by atoms with van der Waals surface area (Å²) in [6, 6.07) is 6.62. The van der Waals surface area contributed by atoms with Crippen molar-refractivity contribution in [2.75, 3.05) is 11.9 Å². The van der Waals surface area contributed by atoms with Crippen molar-refractivity contribution in [3.8, 4) is 0 Å². The molecule has 0 radical (unpaired) electrons. The summed E-state index contributed by atoms with van der Waals surface area (Å²) >= 11 is 0. The molecule has 0 unspecified atom stereocenters. The van der Waals surface area contributed by atoms with Crippen molar-refractivity contribution < 1.29 is 24.2 Å². The first-order chi connectivity index (χ1) is 12.2. The molecule has 0 saturated heterocycles. The number of amides is 1. The Balaban J connectivity index is 2.05. The van der Waals surface area contributed by atoms with E-state index in [-0.39, 0.29) is 22.9 Å². The minimum Gasteiger partial charge on any atom is -0.449 e. The van der Waals surface area contributed by atoms with Gasteiger partial charge in [0.2, 0.25) is 5.69 Å². The van der Waals surface area contributed by atoms with Crippen LogP contribution in [0.2, 0.25) is 0 Å². The van der Waals surface area contributed by atoms with E-state index in [9.17, 15) is 29.8 Å². The number of nitro groups is 2. The Bertz CT molecular complexity index is 903. The van der Waals surface area contributed by atoms with E-state index < -0.39 is 28.3 Å². The molecule has 11 nitrogen and oxygen atoms in total. The number of nitrogens with zero attached hydrogens (tertiary/aromatic N) is 3. The van der Waals surface area contributed by atoms with Crippen LogP contribution in [0.5, 0.6) is 0 Å². The Morgan fingerprint density at radius 2 is 1.85 bits per heavy atom. The average molecular weight is 362 g/mol. The molecule has 0 aliphatic heterocycles. The monoisotopic (exact) mass is 362 g/mol. The number of nitro benzene ring substituents is 1. The highest BCUT2D eigenvalue weighted by molar-refractivity contribution is 5.97. The van der Waals surface area contributed by atoms with Crippen LogP contribution in [0.25, 0.3) is 0 Å². The summed E-state index contributed by atoms with van der Waals surface area (Å²) in [5.41, 5.74) is 0.0825. The highest BCUT2D eigenvalue weighted by atomic mass is 16.6. The van der Waals surface area contributed by atoms with E-state index in [4.69, 9.17) is 4.74 Å². The minimum absolute atomic E-state index is 0.00746. The number of rotatable bonds is 6. The van der Waals surface area contributed by atoms with Gasteiger partial charge in [0.1, 0.15) is 5.69 Å². The van der Waals surface area contributed by atoms with Gasteiger partial charge in [0.15, 0.2) is 6.61 Å². The number of benzene rings is 1. The number of hydrogen-bond acceptors (Lipinski definition) is 7. The van der Waals surface area contributed by atoms with Gasteiger partial charge in [-0.3, -0.25) is 14.9 Å². The molecule has 0 aliphatic carbocycles. The lowest BCUT2D eigenvalue weighted by molar-refractivity contribution is -0.391. The molecule has 2 rings (SSSR count). The standard InChI is InChI=1S/C15H14N4O7/c1-9-4-3-5-10(18(22)23)14(9)16-12(20)8-26-15(21)11-6-7-13(17(11)2)19(24)25/h3-7H,8H2,1-2H3,(H,16,20). The smallest absolute Gasteiger partial charge is 0.379 e. The largest absolute Gasteiger partial charge is 0.449 e. The number of ether oxygens (including phenoxy) is 1. The number of anilines is 1. The van der Waals surface area contributed by atoms with Crippen molar-refractivity contribution >= 4 is 29.1 Å². The summed E-state index contributed by atoms with van der Waals surface area (Å²) in [6.07, 6.45) is 0. The molecule has 11 heteroatoms. The molecule has 1 aromatic heterocycles. The van der Waals surface area contributed by atoms with Crippen LogP contribution in [0.4, 0.5) is 17.2 Å². The number of carbonyl (C=O) groups is 2. The maximum atomic E-state index is 11.9. The van der Waals surface area contributed by atoms with Gasteiger partial charge < -0.3 is 20.2 Å². The Kier molecular flexibility index (Phi) is 5.30. The quantitative estimate of drug-likeness (QED) is 0.469. The second-order valence-electron chi connectivity index (χ2n) is 5.24. The molecule has 0 aliphatic rings. The normalized spacial score (nSPS) is 10.2. The van der Waals surface area contributed by atoms with Crippen LogP contribution < -0.4 is 5.32 Å². The van der Waals surface area contributed by atoms with Crippen molar-refractivity contribution in [2.24, 2.45) is 7.05 Å². The highest BCUT2D eigenvalue weighted by Crippen LogP contribution is 2.27. The van der Waals surface area contributed by atoms with E-state index in [0.717, 1.165) is 10.6 Å². The molecule has 0 fully saturated rings. The lowest BCUT2D eigenvalue weighted by Gasteiger charge is -2.09. The van der Waals surface area contributed by atoms with E-state index in [1.807, 2.05) is 0 Å². The fraction of sp³-hybridized carbons (Fsp3) is 0.200. The third-order valence-corrected chi connectivity index (χ3v) is 3.54. The Hall–Kier alpha value is -3.76. The molecule has 0 saturated carbocycles. The van der Waals surface area contributed by atoms with Crippen LogP contribution in [0.1, 0.15) is 16.1 Å². The van der Waals surface area contributed by atoms with Crippen LogP contribution in [0, 0.1) is 27.2 Å². The third-order valence-electron chi connectivity index (χ3n) is 3.54. The summed E-state index contributed by atoms with van der Waals surface area (Å²) in [5, 5.41) is 24.1. The number of hydrogen-bond donors (Lipinski definition) is 1. The first-order valence-corrected chi connectivity index (χ1v) is 7.23. The second-order valence-corrected chi connectivity index (χ2v) is 5.24. The number of carbonyl (C=O) groups excluding carboxylic acids is 2. The van der Waals surface area contributed by atoms with E-state index >= 15 is 0 Å². The maximum Gasteiger partial charge on any atom is 0.379 e. The fourth-order valence-electron chi connectivity index (χ4n) is 2.24. The number of nitrogens with one attached hydrogen (secondary N) is 1. The summed E-state index contributed by atoms with van der Waals surface area (Å²) in [5.74, 6) is -2.02. The Morgan fingerprint density at radius 1 is 1.15 bits per heavy atom. The lowest BCUT2D eigenvalue weighted by atomic mass is 10.1. The van der Waals surface area contributed by atoms with Crippen molar-refractivity contribution in [1.82, 2.24) is 4.57 Å². The third kappa shape index (κ3) is 3.83. The summed E-state index contributed by atoms with van der Waals surface area (Å²) in [7, 11) is 1.31. The lowest BCUT2D eigenvalue weighted by Crippen LogP contribution is -2.22. The van der Waals surface area contributed by atoms with Gasteiger partial charge in [0.25, 0.3) is 11.6 Å². The molecule has 26 heavy (non-hydrogen) atoms.